The SMILES string of the molecule is CC(=S)Oc1c(C)n(C)n(-c2ccccc2)c1=O. The third kappa shape index (κ3) is 2.09. The summed E-state index contributed by atoms with van der Waals surface area (Å²) in [6.07, 6.45) is 0. The van der Waals surface area contributed by atoms with E-state index in [2.05, 4.69) is 0 Å². The zero-order valence-corrected chi connectivity index (χ0v) is 11.3. The lowest BCUT2D eigenvalue weighted by Crippen LogP contribution is -2.20. The number of aromatic nitrogens is 2. The Balaban J connectivity index is 2.64. The summed E-state index contributed by atoms with van der Waals surface area (Å²) in [5.74, 6) is 0.286. The number of benzene rings is 1. The lowest BCUT2D eigenvalue weighted by atomic mass is 10.3. The topological polar surface area (TPSA) is 36.2 Å². The van der Waals surface area contributed by atoms with E-state index in [-0.39, 0.29) is 11.3 Å². The molecule has 2 rings (SSSR count). The van der Waals surface area contributed by atoms with Gasteiger partial charge in [0.15, 0.2) is 5.05 Å². The Morgan fingerprint density at radius 3 is 2.44 bits per heavy atom. The number of hydrogen-bond acceptors (Lipinski definition) is 3. The number of hydrogen-bond donors (Lipinski definition) is 0. The Morgan fingerprint density at radius 1 is 1.28 bits per heavy atom. The molecule has 0 radical (unpaired) electrons. The van der Waals surface area contributed by atoms with E-state index in [0.717, 1.165) is 11.4 Å². The van der Waals surface area contributed by atoms with Gasteiger partial charge in [-0.05, 0) is 31.3 Å². The maximum atomic E-state index is 12.3. The summed E-state index contributed by atoms with van der Waals surface area (Å²) >= 11 is 4.89. The molecule has 0 fully saturated rings. The molecule has 0 aliphatic rings. The molecule has 1 heterocycles. The van der Waals surface area contributed by atoms with Gasteiger partial charge in [-0.2, -0.15) is 0 Å². The van der Waals surface area contributed by atoms with Crippen molar-refractivity contribution in [3.63, 3.8) is 0 Å². The lowest BCUT2D eigenvalue weighted by molar-refractivity contribution is 0.549. The fourth-order valence-electron chi connectivity index (χ4n) is 1.81. The van der Waals surface area contributed by atoms with E-state index < -0.39 is 0 Å². The van der Waals surface area contributed by atoms with Gasteiger partial charge in [0.1, 0.15) is 0 Å². The Labute approximate surface area is 110 Å². The molecule has 0 saturated heterocycles. The van der Waals surface area contributed by atoms with Gasteiger partial charge in [0.25, 0.3) is 0 Å². The number of para-hydroxylation sites is 1. The minimum Gasteiger partial charge on any atom is -0.443 e. The van der Waals surface area contributed by atoms with E-state index in [0.29, 0.717) is 5.05 Å². The molecule has 5 heteroatoms. The third-order valence-corrected chi connectivity index (χ3v) is 2.83. The van der Waals surface area contributed by atoms with Gasteiger partial charge in [-0.15, -0.1) is 0 Å². The molecule has 0 unspecified atom stereocenters. The number of rotatable bonds is 2. The van der Waals surface area contributed by atoms with Crippen molar-refractivity contribution >= 4 is 17.3 Å². The molecular weight excluding hydrogens is 248 g/mol. The molecule has 0 atom stereocenters. The second-order valence-electron chi connectivity index (χ2n) is 3.98. The molecule has 4 nitrogen and oxygen atoms in total. The smallest absolute Gasteiger partial charge is 0.314 e. The summed E-state index contributed by atoms with van der Waals surface area (Å²) in [6.45, 7) is 3.47. The first-order valence-electron chi connectivity index (χ1n) is 5.55. The van der Waals surface area contributed by atoms with Crippen LogP contribution in [0.5, 0.6) is 5.75 Å². The van der Waals surface area contributed by atoms with Crippen molar-refractivity contribution in [2.24, 2.45) is 7.05 Å². The normalized spacial score (nSPS) is 10.4. The van der Waals surface area contributed by atoms with E-state index in [1.807, 2.05) is 44.3 Å². The van der Waals surface area contributed by atoms with Crippen LogP contribution in [0, 0.1) is 6.92 Å². The monoisotopic (exact) mass is 262 g/mol. The first kappa shape index (κ1) is 12.6. The predicted molar refractivity (Wildman–Crippen MR) is 74.6 cm³/mol. The summed E-state index contributed by atoms with van der Waals surface area (Å²) in [7, 11) is 1.81. The molecule has 0 aliphatic carbocycles. The van der Waals surface area contributed by atoms with Crippen molar-refractivity contribution in [2.75, 3.05) is 0 Å². The molecular formula is C13H14N2O2S. The van der Waals surface area contributed by atoms with Crippen LogP contribution in [0.3, 0.4) is 0 Å². The van der Waals surface area contributed by atoms with Crippen LogP contribution in [0.15, 0.2) is 35.1 Å². The molecule has 0 spiro atoms. The molecule has 0 bridgehead atoms. The second-order valence-corrected chi connectivity index (χ2v) is 4.56. The highest BCUT2D eigenvalue weighted by Gasteiger charge is 2.17. The zero-order chi connectivity index (χ0) is 13.3. The van der Waals surface area contributed by atoms with Crippen LogP contribution in [0.25, 0.3) is 5.69 Å². The fourth-order valence-corrected chi connectivity index (χ4v) is 1.89. The largest absolute Gasteiger partial charge is 0.443 e. The summed E-state index contributed by atoms with van der Waals surface area (Å²) in [5, 5.41) is 0.334. The first-order valence-corrected chi connectivity index (χ1v) is 5.95. The van der Waals surface area contributed by atoms with Crippen LogP contribution in [-0.4, -0.2) is 14.4 Å². The van der Waals surface area contributed by atoms with Crippen molar-refractivity contribution < 1.29 is 4.74 Å². The third-order valence-electron chi connectivity index (χ3n) is 2.75. The molecule has 1 aromatic heterocycles. The standard InChI is InChI=1S/C13H14N2O2S/c1-9-12(17-10(2)18)13(16)15(14(9)3)11-7-5-4-6-8-11/h4-8H,1-3H3. The van der Waals surface area contributed by atoms with Crippen molar-refractivity contribution in [3.8, 4) is 11.4 Å². The van der Waals surface area contributed by atoms with Crippen LogP contribution in [-0.2, 0) is 7.05 Å². The van der Waals surface area contributed by atoms with Gasteiger partial charge < -0.3 is 4.74 Å². The Morgan fingerprint density at radius 2 is 1.89 bits per heavy atom. The van der Waals surface area contributed by atoms with Crippen LogP contribution in [0.4, 0.5) is 0 Å². The van der Waals surface area contributed by atoms with E-state index >= 15 is 0 Å². The molecule has 0 amide bonds. The van der Waals surface area contributed by atoms with Crippen LogP contribution >= 0.6 is 12.2 Å². The summed E-state index contributed by atoms with van der Waals surface area (Å²) in [4.78, 5) is 12.3. The van der Waals surface area contributed by atoms with Gasteiger partial charge in [-0.3, -0.25) is 9.48 Å². The highest BCUT2D eigenvalue weighted by molar-refractivity contribution is 7.80. The van der Waals surface area contributed by atoms with Crippen molar-refractivity contribution in [3.05, 3.63) is 46.4 Å². The van der Waals surface area contributed by atoms with Gasteiger partial charge in [-0.25, -0.2) is 4.68 Å². The van der Waals surface area contributed by atoms with E-state index in [1.54, 1.807) is 16.3 Å². The number of thiocarbonyl (C=S) groups is 1. The van der Waals surface area contributed by atoms with Crippen LogP contribution in [0.2, 0.25) is 0 Å². The Kier molecular flexibility index (Phi) is 3.34. The Bertz CT molecular complexity index is 641. The molecule has 1 aromatic carbocycles. The maximum Gasteiger partial charge on any atom is 0.314 e. The average Bonchev–Trinajstić information content (AvgIpc) is 2.54. The van der Waals surface area contributed by atoms with Gasteiger partial charge in [0.2, 0.25) is 5.75 Å². The van der Waals surface area contributed by atoms with Gasteiger partial charge >= 0.3 is 5.56 Å². The van der Waals surface area contributed by atoms with E-state index in [9.17, 15) is 4.79 Å². The molecule has 0 saturated carbocycles. The zero-order valence-electron chi connectivity index (χ0n) is 10.5. The van der Waals surface area contributed by atoms with Gasteiger partial charge in [0.05, 0.1) is 11.4 Å². The average molecular weight is 262 g/mol. The second kappa shape index (κ2) is 4.78. The van der Waals surface area contributed by atoms with E-state index in [4.69, 9.17) is 17.0 Å². The Hall–Kier alpha value is -1.88. The van der Waals surface area contributed by atoms with Crippen molar-refractivity contribution in [1.29, 1.82) is 0 Å². The van der Waals surface area contributed by atoms with Crippen LogP contribution in [0.1, 0.15) is 12.6 Å². The highest BCUT2D eigenvalue weighted by Crippen LogP contribution is 2.16. The minimum absolute atomic E-state index is 0.203. The first-order chi connectivity index (χ1) is 8.52. The highest BCUT2D eigenvalue weighted by atomic mass is 32.1. The predicted octanol–water partition coefficient (Wildman–Crippen LogP) is 2.21. The molecule has 94 valence electrons. The van der Waals surface area contributed by atoms with Gasteiger partial charge in [-0.1, -0.05) is 18.2 Å². The maximum absolute atomic E-state index is 12.3. The number of nitrogens with zero attached hydrogens (tertiary/aromatic N) is 2. The summed E-state index contributed by atoms with van der Waals surface area (Å²) in [5.41, 5.74) is 1.34. The van der Waals surface area contributed by atoms with Crippen molar-refractivity contribution in [2.45, 2.75) is 13.8 Å². The summed E-state index contributed by atoms with van der Waals surface area (Å²) in [6, 6.07) is 9.41. The van der Waals surface area contributed by atoms with Crippen molar-refractivity contribution in [1.82, 2.24) is 9.36 Å². The van der Waals surface area contributed by atoms with E-state index in [1.165, 1.54) is 0 Å². The fraction of sp³-hybridized carbons (Fsp3) is 0.231. The molecule has 0 aliphatic heterocycles. The molecule has 18 heavy (non-hydrogen) atoms. The lowest BCUT2D eigenvalue weighted by Gasteiger charge is -2.06. The molecule has 0 N–H and O–H groups in total. The van der Waals surface area contributed by atoms with Gasteiger partial charge in [0, 0.05) is 14.0 Å². The van der Waals surface area contributed by atoms with Crippen LogP contribution < -0.4 is 10.3 Å². The summed E-state index contributed by atoms with van der Waals surface area (Å²) < 4.78 is 8.65. The quantitative estimate of drug-likeness (QED) is 0.779. The molecule has 2 aromatic rings. The number of ether oxygens (including phenoxy) is 1. The minimum atomic E-state index is -0.203.